The summed E-state index contributed by atoms with van der Waals surface area (Å²) >= 11 is 6.08. The van der Waals surface area contributed by atoms with E-state index in [-0.39, 0.29) is 6.10 Å². The Morgan fingerprint density at radius 1 is 1.47 bits per heavy atom. The fourth-order valence-electron chi connectivity index (χ4n) is 1.79. The van der Waals surface area contributed by atoms with Gasteiger partial charge in [-0.05, 0) is 49.9 Å². The third kappa shape index (κ3) is 3.90. The van der Waals surface area contributed by atoms with E-state index in [1.165, 1.54) is 12.8 Å². The number of hydrogen-bond donors (Lipinski definition) is 1. The van der Waals surface area contributed by atoms with Crippen molar-refractivity contribution in [1.82, 2.24) is 5.32 Å². The van der Waals surface area contributed by atoms with Crippen LogP contribution in [-0.2, 0) is 6.42 Å². The van der Waals surface area contributed by atoms with Crippen molar-refractivity contribution in [1.29, 1.82) is 0 Å². The average molecular weight is 254 g/mol. The van der Waals surface area contributed by atoms with Gasteiger partial charge in [0.05, 0.1) is 0 Å². The Bertz CT molecular complexity index is 376. The zero-order valence-electron chi connectivity index (χ0n) is 10.5. The highest BCUT2D eigenvalue weighted by molar-refractivity contribution is 6.31. The third-order valence-electron chi connectivity index (χ3n) is 3.01. The lowest BCUT2D eigenvalue weighted by Gasteiger charge is -2.16. The minimum Gasteiger partial charge on any atom is -0.489 e. The Morgan fingerprint density at radius 3 is 2.88 bits per heavy atom. The summed E-state index contributed by atoms with van der Waals surface area (Å²) in [7, 11) is 0. The van der Waals surface area contributed by atoms with Gasteiger partial charge in [-0.25, -0.2) is 0 Å². The van der Waals surface area contributed by atoms with Crippen LogP contribution in [0.3, 0.4) is 0 Å². The number of rotatable bonds is 6. The van der Waals surface area contributed by atoms with E-state index in [1.54, 1.807) is 0 Å². The summed E-state index contributed by atoms with van der Waals surface area (Å²) in [5.41, 5.74) is 1.14. The van der Waals surface area contributed by atoms with E-state index in [9.17, 15) is 0 Å². The summed E-state index contributed by atoms with van der Waals surface area (Å²) in [6.07, 6.45) is 3.76. The minimum absolute atomic E-state index is 0.196. The fourth-order valence-corrected chi connectivity index (χ4v) is 2.04. The van der Waals surface area contributed by atoms with Crippen molar-refractivity contribution in [2.45, 2.75) is 45.3 Å². The van der Waals surface area contributed by atoms with Crippen molar-refractivity contribution >= 4 is 11.6 Å². The van der Waals surface area contributed by atoms with E-state index in [4.69, 9.17) is 16.3 Å². The zero-order chi connectivity index (χ0) is 12.3. The SMILES string of the molecule is CCc1cc(OC(C)CNC2CC2)ccc1Cl. The largest absolute Gasteiger partial charge is 0.489 e. The van der Waals surface area contributed by atoms with Gasteiger partial charge in [-0.2, -0.15) is 0 Å². The van der Waals surface area contributed by atoms with Gasteiger partial charge in [-0.1, -0.05) is 18.5 Å². The molecule has 0 aliphatic heterocycles. The molecule has 1 unspecified atom stereocenters. The minimum atomic E-state index is 0.196. The highest BCUT2D eigenvalue weighted by Gasteiger charge is 2.21. The average Bonchev–Trinajstić information content (AvgIpc) is 3.13. The molecule has 1 aliphatic carbocycles. The van der Waals surface area contributed by atoms with E-state index in [2.05, 4.69) is 19.2 Å². The second-order valence-corrected chi connectivity index (χ2v) is 5.12. The third-order valence-corrected chi connectivity index (χ3v) is 3.38. The van der Waals surface area contributed by atoms with E-state index in [1.807, 2.05) is 18.2 Å². The van der Waals surface area contributed by atoms with Crippen molar-refractivity contribution in [3.8, 4) is 5.75 Å². The first-order valence-electron chi connectivity index (χ1n) is 6.37. The first kappa shape index (κ1) is 12.7. The lowest BCUT2D eigenvalue weighted by molar-refractivity contribution is 0.216. The van der Waals surface area contributed by atoms with E-state index < -0.39 is 0 Å². The van der Waals surface area contributed by atoms with Crippen LogP contribution in [0, 0.1) is 0 Å². The van der Waals surface area contributed by atoms with Crippen molar-refractivity contribution in [2.75, 3.05) is 6.54 Å². The molecular weight excluding hydrogens is 234 g/mol. The van der Waals surface area contributed by atoms with Crippen molar-refractivity contribution in [2.24, 2.45) is 0 Å². The van der Waals surface area contributed by atoms with Crippen LogP contribution in [0.5, 0.6) is 5.75 Å². The molecule has 1 aliphatic rings. The van der Waals surface area contributed by atoms with Crippen LogP contribution in [0.1, 0.15) is 32.3 Å². The highest BCUT2D eigenvalue weighted by atomic mass is 35.5. The van der Waals surface area contributed by atoms with Crippen molar-refractivity contribution < 1.29 is 4.74 Å². The predicted molar refractivity (Wildman–Crippen MR) is 71.9 cm³/mol. The van der Waals surface area contributed by atoms with Crippen molar-refractivity contribution in [3.05, 3.63) is 28.8 Å². The first-order valence-corrected chi connectivity index (χ1v) is 6.75. The number of nitrogens with one attached hydrogen (secondary N) is 1. The van der Waals surface area contributed by atoms with Crippen LogP contribution in [0.15, 0.2) is 18.2 Å². The molecule has 1 saturated carbocycles. The number of aryl methyl sites for hydroxylation is 1. The number of ether oxygens (including phenoxy) is 1. The Hall–Kier alpha value is -0.730. The Kier molecular flexibility index (Phi) is 4.30. The summed E-state index contributed by atoms with van der Waals surface area (Å²) in [6, 6.07) is 6.62. The van der Waals surface area contributed by atoms with Gasteiger partial charge in [0.2, 0.25) is 0 Å². The fraction of sp³-hybridized carbons (Fsp3) is 0.571. The molecule has 0 aromatic heterocycles. The van der Waals surface area contributed by atoms with Crippen LogP contribution in [0.2, 0.25) is 5.02 Å². The number of halogens is 1. The van der Waals surface area contributed by atoms with Gasteiger partial charge < -0.3 is 10.1 Å². The van der Waals surface area contributed by atoms with Crippen LogP contribution in [-0.4, -0.2) is 18.7 Å². The molecule has 1 N–H and O–H groups in total. The van der Waals surface area contributed by atoms with Gasteiger partial charge in [0.1, 0.15) is 11.9 Å². The molecule has 1 aromatic carbocycles. The lowest BCUT2D eigenvalue weighted by atomic mass is 10.1. The zero-order valence-corrected chi connectivity index (χ0v) is 11.3. The molecule has 0 heterocycles. The molecule has 2 nitrogen and oxygen atoms in total. The summed E-state index contributed by atoms with van der Waals surface area (Å²) in [5, 5.41) is 4.29. The second kappa shape index (κ2) is 5.74. The van der Waals surface area contributed by atoms with Gasteiger partial charge in [0, 0.05) is 17.6 Å². The molecule has 0 amide bonds. The summed E-state index contributed by atoms with van der Waals surface area (Å²) < 4.78 is 5.87. The Balaban J connectivity index is 1.87. The quantitative estimate of drug-likeness (QED) is 0.839. The van der Waals surface area contributed by atoms with Crippen molar-refractivity contribution in [3.63, 3.8) is 0 Å². The van der Waals surface area contributed by atoms with E-state index in [0.29, 0.717) is 0 Å². The molecule has 0 spiro atoms. The van der Waals surface area contributed by atoms with Crippen LogP contribution < -0.4 is 10.1 Å². The Labute approximate surface area is 108 Å². The normalized spacial score (nSPS) is 16.9. The smallest absolute Gasteiger partial charge is 0.120 e. The van der Waals surface area contributed by atoms with Gasteiger partial charge >= 0.3 is 0 Å². The molecule has 0 bridgehead atoms. The van der Waals surface area contributed by atoms with Gasteiger partial charge in [-0.3, -0.25) is 0 Å². The maximum atomic E-state index is 6.08. The molecule has 1 fully saturated rings. The maximum Gasteiger partial charge on any atom is 0.120 e. The van der Waals surface area contributed by atoms with E-state index in [0.717, 1.165) is 35.3 Å². The highest BCUT2D eigenvalue weighted by Crippen LogP contribution is 2.23. The van der Waals surface area contributed by atoms with Crippen LogP contribution in [0.4, 0.5) is 0 Å². The number of hydrogen-bond acceptors (Lipinski definition) is 2. The standard InChI is InChI=1S/C14H20ClNO/c1-3-11-8-13(6-7-14(11)15)17-10(2)9-16-12-4-5-12/h6-8,10,12,16H,3-5,9H2,1-2H3. The molecule has 94 valence electrons. The topological polar surface area (TPSA) is 21.3 Å². The molecule has 0 radical (unpaired) electrons. The Morgan fingerprint density at radius 2 is 2.24 bits per heavy atom. The summed E-state index contributed by atoms with van der Waals surface area (Å²) in [5.74, 6) is 0.913. The molecule has 3 heteroatoms. The van der Waals surface area contributed by atoms with Gasteiger partial charge in [0.15, 0.2) is 0 Å². The van der Waals surface area contributed by atoms with E-state index >= 15 is 0 Å². The molecule has 2 rings (SSSR count). The summed E-state index contributed by atoms with van der Waals surface area (Å²) in [6.45, 7) is 5.10. The van der Waals surface area contributed by atoms with Gasteiger partial charge in [0.25, 0.3) is 0 Å². The van der Waals surface area contributed by atoms with Crippen LogP contribution >= 0.6 is 11.6 Å². The molecular formula is C14H20ClNO. The number of benzene rings is 1. The first-order chi connectivity index (χ1) is 8.19. The van der Waals surface area contributed by atoms with Gasteiger partial charge in [-0.15, -0.1) is 0 Å². The molecule has 0 saturated heterocycles. The molecule has 17 heavy (non-hydrogen) atoms. The maximum absolute atomic E-state index is 6.08. The molecule has 1 aromatic rings. The second-order valence-electron chi connectivity index (χ2n) is 4.72. The van der Waals surface area contributed by atoms with Crippen LogP contribution in [0.25, 0.3) is 0 Å². The monoisotopic (exact) mass is 253 g/mol. The molecule has 1 atom stereocenters. The summed E-state index contributed by atoms with van der Waals surface area (Å²) in [4.78, 5) is 0. The lowest BCUT2D eigenvalue weighted by Crippen LogP contribution is -2.30. The predicted octanol–water partition coefficient (Wildman–Crippen LogP) is 3.42.